The lowest BCUT2D eigenvalue weighted by Crippen LogP contribution is -2.64. The van der Waals surface area contributed by atoms with Crippen LogP contribution in [0.1, 0.15) is 62.3 Å². The Labute approximate surface area is 135 Å². The van der Waals surface area contributed by atoms with Gasteiger partial charge in [0.15, 0.2) is 0 Å². The first-order chi connectivity index (χ1) is 9.23. The van der Waals surface area contributed by atoms with E-state index in [-0.39, 0.29) is 0 Å². The second-order valence-corrected chi connectivity index (χ2v) is 10.6. The Kier molecular flexibility index (Phi) is 6.08. The van der Waals surface area contributed by atoms with Gasteiger partial charge in [-0.2, -0.15) is 0 Å². The molecule has 0 unspecified atom stereocenters. The highest BCUT2D eigenvalue weighted by Gasteiger charge is 2.33. The minimum Gasteiger partial charge on any atom is -0.363 e. The molecule has 0 aromatic heterocycles. The summed E-state index contributed by atoms with van der Waals surface area (Å²) in [5, 5.41) is 0. The molecule has 0 bridgehead atoms. The summed E-state index contributed by atoms with van der Waals surface area (Å²) in [6.45, 7) is 24.5. The zero-order valence-electron chi connectivity index (χ0n) is 16.1. The predicted molar refractivity (Wildman–Crippen MR) is 99.9 cm³/mol. The number of nitrogens with zero attached hydrogens (tertiary/aromatic N) is 3. The summed E-state index contributed by atoms with van der Waals surface area (Å²) in [4.78, 5) is 0. The van der Waals surface area contributed by atoms with E-state index in [1.54, 1.807) is 0 Å². The minimum atomic E-state index is 0.359. The predicted octanol–water partition coefficient (Wildman–Crippen LogP) is 1.84. The van der Waals surface area contributed by atoms with Gasteiger partial charge in [-0.15, -0.1) is 0 Å². The molecule has 6 heteroatoms. The number of hydrogen-bond acceptors (Lipinski definition) is 3. The molecule has 0 aromatic carbocycles. The Balaban J connectivity index is 2.73. The fourth-order valence-corrected chi connectivity index (χ4v) is 3.30. The third-order valence-electron chi connectivity index (χ3n) is 3.29. The van der Waals surface area contributed by atoms with E-state index in [4.69, 9.17) is 0 Å². The van der Waals surface area contributed by atoms with Crippen molar-refractivity contribution >= 4 is 22.6 Å². The van der Waals surface area contributed by atoms with Gasteiger partial charge in [0.05, 0.1) is 0 Å². The van der Waals surface area contributed by atoms with E-state index in [9.17, 15) is 0 Å². The topological polar surface area (TPSA) is 9.72 Å². The molecule has 21 heavy (non-hydrogen) atoms. The monoisotopic (exact) mass is 291 g/mol. The Bertz CT molecular complexity index is 270. The van der Waals surface area contributed by atoms with Crippen molar-refractivity contribution in [3.8, 4) is 0 Å². The van der Waals surface area contributed by atoms with Crippen molar-refractivity contribution in [1.29, 1.82) is 0 Å². The third kappa shape index (κ3) is 8.95. The summed E-state index contributed by atoms with van der Waals surface area (Å²) in [5.74, 6) is 0. The van der Waals surface area contributed by atoms with Gasteiger partial charge < -0.3 is 14.2 Å². The van der Waals surface area contributed by atoms with E-state index < -0.39 is 0 Å². The smallest absolute Gasteiger partial charge is 0.270 e. The third-order valence-corrected chi connectivity index (χ3v) is 3.29. The standard InChI is InChI=1S/C15H36B3N3/c1-13(2,3)10-19-16-20(11-14(4,5)6)18-21(17-19)12-15(7,8)9/h16-18H,10-12H2,1-9H3. The lowest BCUT2D eigenvalue weighted by molar-refractivity contribution is 0.286. The van der Waals surface area contributed by atoms with Crippen LogP contribution in [0.2, 0.25) is 0 Å². The van der Waals surface area contributed by atoms with Crippen LogP contribution in [0, 0.1) is 16.2 Å². The first kappa shape index (κ1) is 19.1. The maximum absolute atomic E-state index is 2.61. The highest BCUT2D eigenvalue weighted by Crippen LogP contribution is 2.21. The quantitative estimate of drug-likeness (QED) is 0.735. The van der Waals surface area contributed by atoms with Crippen molar-refractivity contribution in [3.05, 3.63) is 0 Å². The molecule has 0 atom stereocenters. The summed E-state index contributed by atoms with van der Waals surface area (Å²) >= 11 is 0. The minimum absolute atomic E-state index is 0.359. The van der Waals surface area contributed by atoms with Crippen LogP contribution < -0.4 is 0 Å². The molecule has 0 spiro atoms. The normalized spacial score (nSPS) is 19.9. The fraction of sp³-hybridized carbons (Fsp3) is 1.00. The maximum Gasteiger partial charge on any atom is 0.270 e. The Morgan fingerprint density at radius 1 is 0.476 bits per heavy atom. The zero-order valence-corrected chi connectivity index (χ0v) is 16.1. The van der Waals surface area contributed by atoms with E-state index in [2.05, 4.69) is 76.5 Å². The van der Waals surface area contributed by atoms with Crippen molar-refractivity contribution in [2.45, 2.75) is 62.3 Å². The molecule has 1 heterocycles. The second-order valence-electron chi connectivity index (χ2n) is 10.6. The van der Waals surface area contributed by atoms with Gasteiger partial charge >= 0.3 is 0 Å². The lowest BCUT2D eigenvalue weighted by atomic mass is 9.69. The van der Waals surface area contributed by atoms with Crippen LogP contribution in [-0.4, -0.2) is 56.4 Å². The van der Waals surface area contributed by atoms with Gasteiger partial charge in [0.25, 0.3) is 22.6 Å². The second kappa shape index (κ2) is 6.68. The fourth-order valence-electron chi connectivity index (χ4n) is 3.30. The lowest BCUT2D eigenvalue weighted by Gasteiger charge is -2.46. The summed E-state index contributed by atoms with van der Waals surface area (Å²) in [5.41, 5.74) is 1.08. The van der Waals surface area contributed by atoms with Crippen LogP contribution in [0.4, 0.5) is 0 Å². The van der Waals surface area contributed by atoms with E-state index in [0.29, 0.717) is 16.2 Å². The molecular formula is C15H36B3N3. The SMILES string of the molecule is CC(C)(C)CN1BN(CC(C)(C)C)BN(CC(C)(C)C)B1. The van der Waals surface area contributed by atoms with Gasteiger partial charge in [-0.05, 0) is 35.9 Å². The zero-order chi connectivity index (χ0) is 16.5. The average Bonchev–Trinajstić information content (AvgIpc) is 2.06. The Morgan fingerprint density at radius 2 is 0.667 bits per heavy atom. The molecule has 1 saturated heterocycles. The van der Waals surface area contributed by atoms with Crippen molar-refractivity contribution < 1.29 is 0 Å². The summed E-state index contributed by atoms with van der Waals surface area (Å²) in [6, 6.07) is 0. The van der Waals surface area contributed by atoms with Crippen molar-refractivity contribution in [2.24, 2.45) is 16.2 Å². The van der Waals surface area contributed by atoms with E-state index in [1.807, 2.05) is 0 Å². The molecule has 1 rings (SSSR count). The molecule has 1 fully saturated rings. The Hall–Kier alpha value is 0.0748. The highest BCUT2D eigenvalue weighted by molar-refractivity contribution is 6.64. The molecular weight excluding hydrogens is 255 g/mol. The van der Waals surface area contributed by atoms with E-state index in [1.165, 1.54) is 0 Å². The first-order valence-corrected chi connectivity index (χ1v) is 8.41. The molecule has 1 aliphatic rings. The van der Waals surface area contributed by atoms with Crippen LogP contribution >= 0.6 is 0 Å². The highest BCUT2D eigenvalue weighted by atomic mass is 15.3. The summed E-state index contributed by atoms with van der Waals surface area (Å²) in [7, 11) is 3.32. The van der Waals surface area contributed by atoms with Crippen LogP contribution in [0.15, 0.2) is 0 Å². The molecule has 0 amide bonds. The number of hydrogen-bond donors (Lipinski definition) is 0. The van der Waals surface area contributed by atoms with Crippen LogP contribution in [0.25, 0.3) is 0 Å². The molecule has 120 valence electrons. The van der Waals surface area contributed by atoms with Gasteiger partial charge in [0.2, 0.25) is 0 Å². The van der Waals surface area contributed by atoms with Gasteiger partial charge in [-0.25, -0.2) is 0 Å². The van der Waals surface area contributed by atoms with Crippen molar-refractivity contribution in [1.82, 2.24) is 14.2 Å². The van der Waals surface area contributed by atoms with Crippen LogP contribution in [0.3, 0.4) is 0 Å². The molecule has 0 N–H and O–H groups in total. The van der Waals surface area contributed by atoms with Gasteiger partial charge in [0, 0.05) is 0 Å². The van der Waals surface area contributed by atoms with Gasteiger partial charge in [0.1, 0.15) is 0 Å². The Morgan fingerprint density at radius 3 is 0.810 bits per heavy atom. The molecule has 0 saturated carbocycles. The number of rotatable bonds is 3. The van der Waals surface area contributed by atoms with E-state index in [0.717, 1.165) is 42.3 Å². The molecule has 3 nitrogen and oxygen atoms in total. The molecule has 0 aromatic rings. The summed E-state index contributed by atoms with van der Waals surface area (Å²) in [6.07, 6.45) is 0. The van der Waals surface area contributed by atoms with Crippen LogP contribution in [0.5, 0.6) is 0 Å². The first-order valence-electron chi connectivity index (χ1n) is 8.41. The molecule has 1 aliphatic heterocycles. The summed E-state index contributed by atoms with van der Waals surface area (Å²) < 4.78 is 7.84. The van der Waals surface area contributed by atoms with Crippen LogP contribution in [-0.2, 0) is 0 Å². The largest absolute Gasteiger partial charge is 0.363 e. The van der Waals surface area contributed by atoms with Gasteiger partial charge in [-0.1, -0.05) is 62.3 Å². The van der Waals surface area contributed by atoms with Gasteiger partial charge in [-0.3, -0.25) is 0 Å². The van der Waals surface area contributed by atoms with Crippen molar-refractivity contribution in [2.75, 3.05) is 19.6 Å². The average molecular weight is 291 g/mol. The van der Waals surface area contributed by atoms with E-state index >= 15 is 0 Å². The van der Waals surface area contributed by atoms with Crippen molar-refractivity contribution in [3.63, 3.8) is 0 Å². The molecule has 0 radical (unpaired) electrons. The maximum atomic E-state index is 2.61. The molecule has 0 aliphatic carbocycles.